The van der Waals surface area contributed by atoms with Gasteiger partial charge in [0, 0.05) is 12.2 Å². The molecule has 0 radical (unpaired) electrons. The highest BCUT2D eigenvalue weighted by Gasteiger charge is 2.09. The average Bonchev–Trinajstić information content (AvgIpc) is 3.08. The minimum Gasteiger partial charge on any atom is -0.300 e. The smallest absolute Gasteiger partial charge is 0.226 e. The van der Waals surface area contributed by atoms with Crippen LogP contribution in [0.1, 0.15) is 17.5 Å². The Labute approximate surface area is 153 Å². The third-order valence-electron chi connectivity index (χ3n) is 3.41. The number of halogens is 1. The van der Waals surface area contributed by atoms with E-state index in [1.807, 2.05) is 18.2 Å². The van der Waals surface area contributed by atoms with Gasteiger partial charge in [-0.05, 0) is 29.7 Å². The van der Waals surface area contributed by atoms with Gasteiger partial charge in [-0.2, -0.15) is 0 Å². The summed E-state index contributed by atoms with van der Waals surface area (Å²) in [6.07, 6.45) is 0.873. The van der Waals surface area contributed by atoms with Gasteiger partial charge in [-0.1, -0.05) is 65.6 Å². The largest absolute Gasteiger partial charge is 0.300 e. The molecular formula is C18H16FN3OS2. The van der Waals surface area contributed by atoms with Crippen LogP contribution in [0.3, 0.4) is 0 Å². The van der Waals surface area contributed by atoms with Gasteiger partial charge >= 0.3 is 0 Å². The van der Waals surface area contributed by atoms with Gasteiger partial charge in [-0.15, -0.1) is 10.2 Å². The number of thioether (sulfide) groups is 1. The Morgan fingerprint density at radius 1 is 1.04 bits per heavy atom. The fourth-order valence-electron chi connectivity index (χ4n) is 2.13. The predicted octanol–water partition coefficient (Wildman–Crippen LogP) is 4.54. The van der Waals surface area contributed by atoms with Crippen molar-refractivity contribution in [2.24, 2.45) is 0 Å². The van der Waals surface area contributed by atoms with Crippen LogP contribution < -0.4 is 5.32 Å². The molecular weight excluding hydrogens is 357 g/mol. The number of aryl methyl sites for hydroxylation is 1. The Balaban J connectivity index is 1.45. The van der Waals surface area contributed by atoms with Crippen molar-refractivity contribution in [1.29, 1.82) is 0 Å². The molecule has 0 fully saturated rings. The number of rotatable bonds is 7. The normalized spacial score (nSPS) is 10.6. The second kappa shape index (κ2) is 8.73. The summed E-state index contributed by atoms with van der Waals surface area (Å²) in [5, 5.41) is 11.3. The van der Waals surface area contributed by atoms with E-state index in [1.165, 1.54) is 29.0 Å². The predicted molar refractivity (Wildman–Crippen MR) is 99.3 cm³/mol. The molecule has 0 aliphatic carbocycles. The molecule has 0 saturated heterocycles. The van der Waals surface area contributed by atoms with Gasteiger partial charge in [0.2, 0.25) is 11.0 Å². The maximum atomic E-state index is 12.9. The van der Waals surface area contributed by atoms with Crippen LogP contribution in [0.25, 0.3) is 0 Å². The Morgan fingerprint density at radius 3 is 2.56 bits per heavy atom. The molecule has 7 heteroatoms. The summed E-state index contributed by atoms with van der Waals surface area (Å²) in [7, 11) is 0. The highest BCUT2D eigenvalue weighted by Crippen LogP contribution is 2.28. The van der Waals surface area contributed by atoms with Crippen LogP contribution in [0.15, 0.2) is 58.9 Å². The Morgan fingerprint density at radius 2 is 1.80 bits per heavy atom. The highest BCUT2D eigenvalue weighted by molar-refractivity contribution is 8.00. The number of carbonyl (C=O) groups is 1. The summed E-state index contributed by atoms with van der Waals surface area (Å²) in [5.74, 6) is 0.413. The van der Waals surface area contributed by atoms with Crippen LogP contribution in [0.2, 0.25) is 0 Å². The zero-order valence-electron chi connectivity index (χ0n) is 13.3. The second-order valence-electron chi connectivity index (χ2n) is 5.32. The van der Waals surface area contributed by atoms with E-state index in [1.54, 1.807) is 23.9 Å². The van der Waals surface area contributed by atoms with Crippen LogP contribution in [0.5, 0.6) is 0 Å². The van der Waals surface area contributed by atoms with Crippen LogP contribution >= 0.6 is 23.1 Å². The van der Waals surface area contributed by atoms with Crippen LogP contribution in [-0.4, -0.2) is 16.1 Å². The number of nitrogens with one attached hydrogen (secondary N) is 1. The second-order valence-corrected chi connectivity index (χ2v) is 7.52. The summed E-state index contributed by atoms with van der Waals surface area (Å²) in [5.41, 5.74) is 2.14. The number of nitrogens with zero attached hydrogens (tertiary/aromatic N) is 2. The molecule has 1 heterocycles. The van der Waals surface area contributed by atoms with Crippen molar-refractivity contribution in [3.05, 3.63) is 71.5 Å². The van der Waals surface area contributed by atoms with Crippen molar-refractivity contribution in [1.82, 2.24) is 10.2 Å². The van der Waals surface area contributed by atoms with E-state index in [9.17, 15) is 9.18 Å². The first-order valence-corrected chi connectivity index (χ1v) is 9.54. The van der Waals surface area contributed by atoms with E-state index in [0.717, 1.165) is 15.7 Å². The zero-order chi connectivity index (χ0) is 17.5. The molecule has 0 aliphatic heterocycles. The lowest BCUT2D eigenvalue weighted by molar-refractivity contribution is -0.116. The van der Waals surface area contributed by atoms with Crippen LogP contribution in [-0.2, 0) is 17.0 Å². The van der Waals surface area contributed by atoms with E-state index in [4.69, 9.17) is 0 Å². The number of amides is 1. The van der Waals surface area contributed by atoms with Crippen molar-refractivity contribution in [2.75, 3.05) is 5.32 Å². The summed E-state index contributed by atoms with van der Waals surface area (Å²) >= 11 is 2.95. The first kappa shape index (κ1) is 17.6. The molecule has 0 atom stereocenters. The maximum absolute atomic E-state index is 12.9. The summed E-state index contributed by atoms with van der Waals surface area (Å²) < 4.78 is 13.7. The highest BCUT2D eigenvalue weighted by atomic mass is 32.2. The topological polar surface area (TPSA) is 54.9 Å². The molecule has 0 spiro atoms. The van der Waals surface area contributed by atoms with Crippen molar-refractivity contribution in [2.45, 2.75) is 22.9 Å². The van der Waals surface area contributed by atoms with Crippen molar-refractivity contribution < 1.29 is 9.18 Å². The van der Waals surface area contributed by atoms with E-state index < -0.39 is 0 Å². The Hall–Kier alpha value is -2.25. The van der Waals surface area contributed by atoms with Crippen LogP contribution in [0.4, 0.5) is 9.52 Å². The van der Waals surface area contributed by atoms with E-state index >= 15 is 0 Å². The fourth-order valence-corrected chi connectivity index (χ4v) is 3.85. The Kier molecular flexibility index (Phi) is 6.14. The fraction of sp³-hybridized carbons (Fsp3) is 0.167. The van der Waals surface area contributed by atoms with E-state index in [-0.39, 0.29) is 11.7 Å². The third-order valence-corrected chi connectivity index (χ3v) is 5.46. The molecule has 0 unspecified atom stereocenters. The number of carbonyl (C=O) groups excluding carboxylic acids is 1. The van der Waals surface area contributed by atoms with Crippen LogP contribution in [0, 0.1) is 5.82 Å². The molecule has 25 heavy (non-hydrogen) atoms. The van der Waals surface area contributed by atoms with E-state index in [0.29, 0.717) is 18.0 Å². The van der Waals surface area contributed by atoms with Gasteiger partial charge in [0.15, 0.2) is 4.34 Å². The maximum Gasteiger partial charge on any atom is 0.226 e. The molecule has 1 N–H and O–H groups in total. The lowest BCUT2D eigenvalue weighted by Crippen LogP contribution is -2.12. The minimum absolute atomic E-state index is 0.125. The quantitative estimate of drug-likeness (QED) is 0.488. The molecule has 2 aromatic carbocycles. The van der Waals surface area contributed by atoms with Gasteiger partial charge in [0.1, 0.15) is 5.82 Å². The monoisotopic (exact) mass is 373 g/mol. The SMILES string of the molecule is O=C(CCc1ccc(F)cc1)Nc1nnc(SCc2ccccc2)s1. The number of hydrogen-bond donors (Lipinski definition) is 1. The minimum atomic E-state index is -0.275. The molecule has 0 bridgehead atoms. The van der Waals surface area contributed by atoms with Gasteiger partial charge < -0.3 is 5.32 Å². The standard InChI is InChI=1S/C18H16FN3OS2/c19-15-9-6-13(7-10-15)8-11-16(23)20-17-21-22-18(25-17)24-12-14-4-2-1-3-5-14/h1-7,9-10H,8,11-12H2,(H,20,21,23). The average molecular weight is 373 g/mol. The zero-order valence-corrected chi connectivity index (χ0v) is 14.9. The third kappa shape index (κ3) is 5.65. The lowest BCUT2D eigenvalue weighted by atomic mass is 10.1. The summed E-state index contributed by atoms with van der Waals surface area (Å²) in [6.45, 7) is 0. The first-order chi connectivity index (χ1) is 12.2. The number of hydrogen-bond acceptors (Lipinski definition) is 5. The Bertz CT molecular complexity index is 822. The van der Waals surface area contributed by atoms with E-state index in [2.05, 4.69) is 27.6 Å². The van der Waals surface area contributed by atoms with Gasteiger partial charge in [-0.3, -0.25) is 4.79 Å². The summed E-state index contributed by atoms with van der Waals surface area (Å²) in [4.78, 5) is 12.0. The molecule has 3 aromatic rings. The molecule has 0 aliphatic rings. The van der Waals surface area contributed by atoms with Crippen molar-refractivity contribution >= 4 is 34.1 Å². The number of anilines is 1. The van der Waals surface area contributed by atoms with Crippen molar-refractivity contribution in [3.63, 3.8) is 0 Å². The molecule has 4 nitrogen and oxygen atoms in total. The summed E-state index contributed by atoms with van der Waals surface area (Å²) in [6, 6.07) is 16.3. The first-order valence-electron chi connectivity index (χ1n) is 7.73. The lowest BCUT2D eigenvalue weighted by Gasteiger charge is -2.01. The molecule has 128 valence electrons. The molecule has 3 rings (SSSR count). The van der Waals surface area contributed by atoms with Crippen molar-refractivity contribution in [3.8, 4) is 0 Å². The van der Waals surface area contributed by atoms with Gasteiger partial charge in [0.05, 0.1) is 0 Å². The van der Waals surface area contributed by atoms with Gasteiger partial charge in [0.25, 0.3) is 0 Å². The molecule has 1 aromatic heterocycles. The number of benzene rings is 2. The molecule has 1 amide bonds. The molecule has 0 saturated carbocycles. The van der Waals surface area contributed by atoms with Gasteiger partial charge in [-0.25, -0.2) is 4.39 Å². The number of aromatic nitrogens is 2.